The number of aryl methyl sites for hydroxylation is 2. The molecule has 0 radical (unpaired) electrons. The van der Waals surface area contributed by atoms with Gasteiger partial charge in [-0.25, -0.2) is 8.78 Å². The highest BCUT2D eigenvalue weighted by molar-refractivity contribution is 5.88. The summed E-state index contributed by atoms with van der Waals surface area (Å²) in [5.41, 5.74) is 3.59. The van der Waals surface area contributed by atoms with Gasteiger partial charge >= 0.3 is 0 Å². The first-order chi connectivity index (χ1) is 12.1. The molecule has 0 atom stereocenters. The van der Waals surface area contributed by atoms with Crippen LogP contribution in [0, 0.1) is 11.6 Å². The van der Waals surface area contributed by atoms with Gasteiger partial charge in [0.25, 0.3) is 0 Å². The zero-order chi connectivity index (χ0) is 17.8. The van der Waals surface area contributed by atoms with Gasteiger partial charge < -0.3 is 0 Å². The van der Waals surface area contributed by atoms with Crippen molar-refractivity contribution in [3.05, 3.63) is 83.9 Å². The lowest BCUT2D eigenvalue weighted by atomic mass is 9.97. The molecule has 0 bridgehead atoms. The zero-order valence-corrected chi connectivity index (χ0v) is 14.5. The number of allylic oxidation sites excluding steroid dienone is 1. The van der Waals surface area contributed by atoms with Crippen molar-refractivity contribution >= 4 is 10.8 Å². The molecule has 128 valence electrons. The first-order valence-electron chi connectivity index (χ1n) is 8.75. The molecule has 0 saturated heterocycles. The smallest absolute Gasteiger partial charge is 0.166 e. The molecule has 0 amide bonds. The second-order valence-corrected chi connectivity index (χ2v) is 6.37. The molecule has 0 N–H and O–H groups in total. The third kappa shape index (κ3) is 3.63. The van der Waals surface area contributed by atoms with Crippen molar-refractivity contribution in [3.8, 4) is 11.1 Å². The molecule has 0 nitrogen and oxygen atoms in total. The van der Waals surface area contributed by atoms with E-state index >= 15 is 0 Å². The Bertz CT molecular complexity index is 892. The summed E-state index contributed by atoms with van der Waals surface area (Å²) in [4.78, 5) is 0. The standard InChI is InChI=1S/C23H22F2/c1-3-5-7-16-8-10-17(11-9-16)18-12-13-19-14-20(6-4-2)22(24)23(25)21(19)15-18/h3,8-15H,1,4-7H2,2H3. The summed E-state index contributed by atoms with van der Waals surface area (Å²) in [6.45, 7) is 5.70. The van der Waals surface area contributed by atoms with Crippen LogP contribution in [-0.4, -0.2) is 0 Å². The van der Waals surface area contributed by atoms with Crippen LogP contribution in [0.15, 0.2) is 61.2 Å². The van der Waals surface area contributed by atoms with E-state index < -0.39 is 11.6 Å². The van der Waals surface area contributed by atoms with E-state index in [1.54, 1.807) is 12.1 Å². The van der Waals surface area contributed by atoms with Crippen molar-refractivity contribution in [2.24, 2.45) is 0 Å². The quantitative estimate of drug-likeness (QED) is 0.431. The molecule has 0 unspecified atom stereocenters. The summed E-state index contributed by atoms with van der Waals surface area (Å²) in [6, 6.07) is 15.5. The molecule has 0 heterocycles. The number of halogens is 2. The Balaban J connectivity index is 1.99. The molecule has 3 aromatic rings. The molecule has 3 aromatic carbocycles. The maximum atomic E-state index is 14.5. The van der Waals surface area contributed by atoms with Gasteiger partial charge in [-0.1, -0.05) is 55.8 Å². The van der Waals surface area contributed by atoms with Gasteiger partial charge in [-0.2, -0.15) is 0 Å². The van der Waals surface area contributed by atoms with Crippen LogP contribution in [0.2, 0.25) is 0 Å². The van der Waals surface area contributed by atoms with Crippen LogP contribution in [0.4, 0.5) is 8.78 Å². The maximum absolute atomic E-state index is 14.5. The largest absolute Gasteiger partial charge is 0.203 e. The van der Waals surface area contributed by atoms with Crippen LogP contribution < -0.4 is 0 Å². The number of hydrogen-bond donors (Lipinski definition) is 0. The minimum absolute atomic E-state index is 0.339. The average Bonchev–Trinajstić information content (AvgIpc) is 2.64. The number of fused-ring (bicyclic) bond motifs is 1. The Hall–Kier alpha value is -2.48. The molecule has 0 aliphatic rings. The van der Waals surface area contributed by atoms with Crippen molar-refractivity contribution in [1.29, 1.82) is 0 Å². The summed E-state index contributed by atoms with van der Waals surface area (Å²) in [6.07, 6.45) is 5.15. The summed E-state index contributed by atoms with van der Waals surface area (Å²) >= 11 is 0. The predicted molar refractivity (Wildman–Crippen MR) is 102 cm³/mol. The maximum Gasteiger partial charge on any atom is 0.166 e. The van der Waals surface area contributed by atoms with E-state index in [1.807, 2.05) is 37.3 Å². The minimum atomic E-state index is -0.745. The van der Waals surface area contributed by atoms with E-state index in [0.29, 0.717) is 17.4 Å². The zero-order valence-electron chi connectivity index (χ0n) is 14.5. The topological polar surface area (TPSA) is 0 Å². The molecule has 2 heteroatoms. The van der Waals surface area contributed by atoms with Gasteiger partial charge in [0.1, 0.15) is 0 Å². The van der Waals surface area contributed by atoms with E-state index in [0.717, 1.165) is 35.8 Å². The van der Waals surface area contributed by atoms with Crippen LogP contribution >= 0.6 is 0 Å². The van der Waals surface area contributed by atoms with Gasteiger partial charge in [0.15, 0.2) is 11.6 Å². The molecule has 25 heavy (non-hydrogen) atoms. The molecule has 0 spiro atoms. The van der Waals surface area contributed by atoms with E-state index in [-0.39, 0.29) is 0 Å². The first-order valence-corrected chi connectivity index (χ1v) is 8.75. The van der Waals surface area contributed by atoms with Crippen LogP contribution in [0.25, 0.3) is 21.9 Å². The van der Waals surface area contributed by atoms with Gasteiger partial charge in [-0.3, -0.25) is 0 Å². The Labute approximate surface area is 147 Å². The number of benzene rings is 3. The monoisotopic (exact) mass is 336 g/mol. The van der Waals surface area contributed by atoms with E-state index in [1.165, 1.54) is 5.56 Å². The lowest BCUT2D eigenvalue weighted by Crippen LogP contribution is -1.96. The molecule has 0 fully saturated rings. The highest BCUT2D eigenvalue weighted by Gasteiger charge is 2.13. The van der Waals surface area contributed by atoms with E-state index in [2.05, 4.69) is 18.7 Å². The molecule has 3 rings (SSSR count). The predicted octanol–water partition coefficient (Wildman–Crippen LogP) is 6.86. The fourth-order valence-electron chi connectivity index (χ4n) is 3.15. The van der Waals surface area contributed by atoms with Crippen LogP contribution in [0.5, 0.6) is 0 Å². The van der Waals surface area contributed by atoms with E-state index in [4.69, 9.17) is 0 Å². The molecule has 0 aliphatic heterocycles. The van der Waals surface area contributed by atoms with Gasteiger partial charge in [0.05, 0.1) is 0 Å². The normalized spacial score (nSPS) is 11.0. The average molecular weight is 336 g/mol. The SMILES string of the molecule is C=CCCc1ccc(-c2ccc3cc(CCC)c(F)c(F)c3c2)cc1. The Morgan fingerprint density at radius 1 is 0.880 bits per heavy atom. The van der Waals surface area contributed by atoms with Crippen molar-refractivity contribution < 1.29 is 8.78 Å². The summed E-state index contributed by atoms with van der Waals surface area (Å²) in [7, 11) is 0. The van der Waals surface area contributed by atoms with Crippen LogP contribution in [-0.2, 0) is 12.8 Å². The highest BCUT2D eigenvalue weighted by Crippen LogP contribution is 2.29. The summed E-state index contributed by atoms with van der Waals surface area (Å²) in [5, 5.41) is 1.08. The van der Waals surface area contributed by atoms with Gasteiger partial charge in [-0.05, 0) is 59.0 Å². The first kappa shape index (κ1) is 17.3. The molecule has 0 aromatic heterocycles. The summed E-state index contributed by atoms with van der Waals surface area (Å²) in [5.74, 6) is -1.46. The third-order valence-electron chi connectivity index (χ3n) is 4.54. The lowest BCUT2D eigenvalue weighted by Gasteiger charge is -2.10. The van der Waals surface area contributed by atoms with Gasteiger partial charge in [0.2, 0.25) is 0 Å². The van der Waals surface area contributed by atoms with Crippen LogP contribution in [0.1, 0.15) is 30.9 Å². The molecule has 0 saturated carbocycles. The molecular weight excluding hydrogens is 314 g/mol. The van der Waals surface area contributed by atoms with Crippen molar-refractivity contribution in [1.82, 2.24) is 0 Å². The Morgan fingerprint density at radius 2 is 1.60 bits per heavy atom. The number of hydrogen-bond acceptors (Lipinski definition) is 0. The highest BCUT2D eigenvalue weighted by atomic mass is 19.2. The van der Waals surface area contributed by atoms with Crippen molar-refractivity contribution in [2.45, 2.75) is 32.6 Å². The van der Waals surface area contributed by atoms with Crippen molar-refractivity contribution in [2.75, 3.05) is 0 Å². The minimum Gasteiger partial charge on any atom is -0.203 e. The Morgan fingerprint density at radius 3 is 2.28 bits per heavy atom. The van der Waals surface area contributed by atoms with Crippen molar-refractivity contribution in [3.63, 3.8) is 0 Å². The lowest BCUT2D eigenvalue weighted by molar-refractivity contribution is 0.506. The third-order valence-corrected chi connectivity index (χ3v) is 4.54. The van der Waals surface area contributed by atoms with Gasteiger partial charge in [0, 0.05) is 5.39 Å². The Kier molecular flexibility index (Phi) is 5.28. The number of rotatable bonds is 6. The fourth-order valence-corrected chi connectivity index (χ4v) is 3.15. The van der Waals surface area contributed by atoms with E-state index in [9.17, 15) is 8.78 Å². The second kappa shape index (κ2) is 7.60. The fraction of sp³-hybridized carbons (Fsp3) is 0.217. The molecule has 0 aliphatic carbocycles. The second-order valence-electron chi connectivity index (χ2n) is 6.37. The summed E-state index contributed by atoms with van der Waals surface area (Å²) < 4.78 is 28.7. The van der Waals surface area contributed by atoms with Gasteiger partial charge in [-0.15, -0.1) is 6.58 Å². The van der Waals surface area contributed by atoms with Crippen LogP contribution in [0.3, 0.4) is 0 Å². The molecular formula is C23H22F2.